The summed E-state index contributed by atoms with van der Waals surface area (Å²) in [6.07, 6.45) is 5.24. The Kier molecular flexibility index (Phi) is 6.01. The molecule has 0 aliphatic carbocycles. The molecule has 1 aromatic carbocycles. The van der Waals surface area contributed by atoms with Crippen LogP contribution in [0.5, 0.6) is 0 Å². The van der Waals surface area contributed by atoms with Crippen molar-refractivity contribution >= 4 is 27.6 Å². The fourth-order valence-corrected chi connectivity index (χ4v) is 4.39. The summed E-state index contributed by atoms with van der Waals surface area (Å²) < 4.78 is 16.4. The summed E-state index contributed by atoms with van der Waals surface area (Å²) in [5, 5.41) is 9.51. The van der Waals surface area contributed by atoms with E-state index >= 15 is 0 Å². The number of nitrogens with two attached hydrogens (primary N) is 1. The van der Waals surface area contributed by atoms with Crippen LogP contribution < -0.4 is 10.6 Å². The van der Waals surface area contributed by atoms with Crippen molar-refractivity contribution in [1.82, 2.24) is 19.5 Å². The molecule has 3 heterocycles. The second-order valence-electron chi connectivity index (χ2n) is 7.52. The number of anilines is 2. The molecular weight excluding hydrogens is 451 g/mol. The van der Waals surface area contributed by atoms with Gasteiger partial charge in [0.1, 0.15) is 34.1 Å². The Morgan fingerprint density at radius 1 is 1.27 bits per heavy atom. The first-order chi connectivity index (χ1) is 14.5. The van der Waals surface area contributed by atoms with Crippen LogP contribution in [0, 0.1) is 12.7 Å². The molecule has 1 fully saturated rings. The van der Waals surface area contributed by atoms with E-state index in [1.54, 1.807) is 13.0 Å². The normalized spacial score (nSPS) is 15.0. The van der Waals surface area contributed by atoms with Crippen molar-refractivity contribution in [1.29, 1.82) is 0 Å². The third-order valence-corrected chi connectivity index (χ3v) is 6.32. The molecule has 3 aromatic rings. The Hall–Kier alpha value is -2.52. The lowest BCUT2D eigenvalue weighted by molar-refractivity contribution is 0.272. The molecule has 7 nitrogen and oxygen atoms in total. The van der Waals surface area contributed by atoms with Crippen molar-refractivity contribution < 1.29 is 9.50 Å². The summed E-state index contributed by atoms with van der Waals surface area (Å²) in [7, 11) is 0. The van der Waals surface area contributed by atoms with Crippen LogP contribution in [0.15, 0.2) is 35.2 Å². The quantitative estimate of drug-likeness (QED) is 0.587. The van der Waals surface area contributed by atoms with Gasteiger partial charge in [0.25, 0.3) is 0 Å². The predicted octanol–water partition coefficient (Wildman–Crippen LogP) is 3.51. The third-order valence-electron chi connectivity index (χ3n) is 5.56. The molecule has 1 aliphatic heterocycles. The zero-order valence-electron chi connectivity index (χ0n) is 16.7. The predicted molar refractivity (Wildman–Crippen MR) is 118 cm³/mol. The first-order valence-electron chi connectivity index (χ1n) is 9.93. The second-order valence-corrected chi connectivity index (χ2v) is 8.32. The highest BCUT2D eigenvalue weighted by Crippen LogP contribution is 2.34. The Bertz CT molecular complexity index is 1050. The molecule has 3 N–H and O–H groups in total. The molecular formula is C21H24BrFN6O. The lowest BCUT2D eigenvalue weighted by Crippen LogP contribution is -2.34. The number of aliphatic hydroxyl groups excluding tert-OH is 1. The van der Waals surface area contributed by atoms with E-state index in [0.29, 0.717) is 17.9 Å². The van der Waals surface area contributed by atoms with Gasteiger partial charge in [0.05, 0.1) is 12.3 Å². The summed E-state index contributed by atoms with van der Waals surface area (Å²) in [5.74, 6) is 2.24. The van der Waals surface area contributed by atoms with Crippen molar-refractivity contribution in [2.24, 2.45) is 0 Å². The number of aliphatic hydroxyl groups is 1. The van der Waals surface area contributed by atoms with Crippen molar-refractivity contribution in [3.63, 3.8) is 0 Å². The maximum atomic E-state index is 13.7. The number of nitrogens with zero attached hydrogens (tertiary/aromatic N) is 5. The smallest absolute Gasteiger partial charge is 0.148 e. The number of rotatable bonds is 5. The largest absolute Gasteiger partial charge is 0.395 e. The average Bonchev–Trinajstić information content (AvgIpc) is 3.16. The summed E-state index contributed by atoms with van der Waals surface area (Å²) in [6, 6.07) is 5.03. The molecule has 0 amide bonds. The highest BCUT2D eigenvalue weighted by molar-refractivity contribution is 9.10. The minimum absolute atomic E-state index is 0.0389. The van der Waals surface area contributed by atoms with E-state index < -0.39 is 0 Å². The lowest BCUT2D eigenvalue weighted by Gasteiger charge is -2.33. The highest BCUT2D eigenvalue weighted by atomic mass is 79.9. The number of aryl methyl sites for hydroxylation is 1. The van der Waals surface area contributed by atoms with Gasteiger partial charge in [0.2, 0.25) is 0 Å². The van der Waals surface area contributed by atoms with Crippen molar-refractivity contribution in [2.45, 2.75) is 32.2 Å². The lowest BCUT2D eigenvalue weighted by atomic mass is 9.96. The Morgan fingerprint density at radius 3 is 2.73 bits per heavy atom. The molecule has 0 radical (unpaired) electrons. The van der Waals surface area contributed by atoms with Gasteiger partial charge in [-0.1, -0.05) is 0 Å². The number of piperidine rings is 1. The number of benzene rings is 1. The van der Waals surface area contributed by atoms with Gasteiger partial charge in [-0.15, -0.1) is 0 Å². The van der Waals surface area contributed by atoms with E-state index in [1.807, 2.05) is 16.8 Å². The van der Waals surface area contributed by atoms with Crippen molar-refractivity contribution in [3.8, 4) is 11.3 Å². The summed E-state index contributed by atoms with van der Waals surface area (Å²) in [6.45, 7) is 3.90. The van der Waals surface area contributed by atoms with Crippen LogP contribution in [-0.2, 0) is 6.54 Å². The van der Waals surface area contributed by atoms with E-state index in [1.165, 1.54) is 12.4 Å². The van der Waals surface area contributed by atoms with Gasteiger partial charge in [-0.05, 0) is 59.5 Å². The number of imidazole rings is 1. The van der Waals surface area contributed by atoms with E-state index in [0.717, 1.165) is 53.3 Å². The van der Waals surface area contributed by atoms with Crippen molar-refractivity contribution in [3.05, 3.63) is 52.4 Å². The Labute approximate surface area is 182 Å². The molecule has 0 saturated carbocycles. The first-order valence-corrected chi connectivity index (χ1v) is 10.7. The maximum absolute atomic E-state index is 13.7. The zero-order valence-corrected chi connectivity index (χ0v) is 18.3. The summed E-state index contributed by atoms with van der Waals surface area (Å²) >= 11 is 3.49. The number of aromatic nitrogens is 4. The van der Waals surface area contributed by atoms with E-state index in [2.05, 4.69) is 30.8 Å². The minimum atomic E-state index is -0.224. The number of hydrogen-bond acceptors (Lipinski definition) is 6. The van der Waals surface area contributed by atoms with Crippen LogP contribution in [0.3, 0.4) is 0 Å². The molecule has 2 aromatic heterocycles. The molecule has 0 bridgehead atoms. The Balaban J connectivity index is 1.56. The third kappa shape index (κ3) is 4.04. The fourth-order valence-electron chi connectivity index (χ4n) is 3.93. The van der Waals surface area contributed by atoms with Crippen LogP contribution in [0.1, 0.15) is 30.1 Å². The molecule has 0 unspecified atom stereocenters. The van der Waals surface area contributed by atoms with Crippen LogP contribution in [-0.4, -0.2) is 44.3 Å². The molecule has 158 valence electrons. The number of nitrogen functional groups attached to an aromatic ring is 1. The molecule has 30 heavy (non-hydrogen) atoms. The van der Waals surface area contributed by atoms with Crippen molar-refractivity contribution in [2.75, 3.05) is 30.3 Å². The molecule has 1 saturated heterocycles. The van der Waals surface area contributed by atoms with Crippen LogP contribution in [0.4, 0.5) is 16.0 Å². The van der Waals surface area contributed by atoms with Crippen LogP contribution in [0.25, 0.3) is 11.3 Å². The highest BCUT2D eigenvalue weighted by Gasteiger charge is 2.27. The summed E-state index contributed by atoms with van der Waals surface area (Å²) in [5.41, 5.74) is 8.16. The zero-order chi connectivity index (χ0) is 21.3. The SMILES string of the molecule is Cc1cc(-c2cn(CCO)c(C3CCN(c4ncnc(N)c4Br)CC3)n2)ccc1F. The van der Waals surface area contributed by atoms with Gasteiger partial charge in [0.15, 0.2) is 0 Å². The summed E-state index contributed by atoms with van der Waals surface area (Å²) in [4.78, 5) is 15.5. The Morgan fingerprint density at radius 2 is 2.03 bits per heavy atom. The minimum Gasteiger partial charge on any atom is -0.395 e. The van der Waals surface area contributed by atoms with Crippen LogP contribution in [0.2, 0.25) is 0 Å². The van der Waals surface area contributed by atoms with Crippen LogP contribution >= 0.6 is 15.9 Å². The van der Waals surface area contributed by atoms with E-state index in [4.69, 9.17) is 10.7 Å². The molecule has 4 rings (SSSR count). The van der Waals surface area contributed by atoms with Gasteiger partial charge < -0.3 is 20.3 Å². The van der Waals surface area contributed by atoms with Gasteiger partial charge in [-0.3, -0.25) is 0 Å². The van der Waals surface area contributed by atoms with E-state index in [-0.39, 0.29) is 18.3 Å². The van der Waals surface area contributed by atoms with Gasteiger partial charge in [-0.2, -0.15) is 0 Å². The van der Waals surface area contributed by atoms with Gasteiger partial charge in [0, 0.05) is 37.3 Å². The second kappa shape index (κ2) is 8.69. The molecule has 0 spiro atoms. The van der Waals surface area contributed by atoms with Gasteiger partial charge in [-0.25, -0.2) is 19.3 Å². The average molecular weight is 475 g/mol. The standard InChI is InChI=1S/C21H24BrFN6O/c1-13-10-15(2-3-16(13)23)17-11-29(8-9-30)20(27-17)14-4-6-28(7-5-14)21-18(22)19(24)25-12-26-21/h2-3,10-12,14,30H,4-9H2,1H3,(H2,24,25,26). The molecule has 0 atom stereocenters. The fraction of sp³-hybridized carbons (Fsp3) is 0.381. The van der Waals surface area contributed by atoms with Gasteiger partial charge >= 0.3 is 0 Å². The maximum Gasteiger partial charge on any atom is 0.148 e. The number of halogens is 2. The topological polar surface area (TPSA) is 93.1 Å². The molecule has 1 aliphatic rings. The first kappa shape index (κ1) is 20.7. The molecule has 9 heteroatoms. The number of hydrogen-bond donors (Lipinski definition) is 2. The monoisotopic (exact) mass is 474 g/mol. The van der Waals surface area contributed by atoms with E-state index in [9.17, 15) is 9.50 Å².